The van der Waals surface area contributed by atoms with Gasteiger partial charge in [0.1, 0.15) is 6.07 Å². The second-order valence-electron chi connectivity index (χ2n) is 5.97. The zero-order valence-electron chi connectivity index (χ0n) is 13.7. The first-order valence-electron chi connectivity index (χ1n) is 8.33. The molecule has 1 aliphatic rings. The number of hydrogen-bond donors (Lipinski definition) is 1. The Hall–Kier alpha value is -1.87. The second kappa shape index (κ2) is 8.84. The van der Waals surface area contributed by atoms with Gasteiger partial charge in [0.15, 0.2) is 0 Å². The summed E-state index contributed by atoms with van der Waals surface area (Å²) >= 11 is 1.60. The summed E-state index contributed by atoms with van der Waals surface area (Å²) in [5, 5.41) is 14.1. The Morgan fingerprint density at radius 3 is 3.08 bits per heavy atom. The largest absolute Gasteiger partial charge is 0.380 e. The fourth-order valence-corrected chi connectivity index (χ4v) is 3.49. The van der Waals surface area contributed by atoms with E-state index in [2.05, 4.69) is 23.5 Å². The normalized spacial score (nSPS) is 17.4. The van der Waals surface area contributed by atoms with Crippen LogP contribution in [0.1, 0.15) is 35.3 Å². The van der Waals surface area contributed by atoms with Crippen LogP contribution < -0.4 is 5.32 Å². The fourth-order valence-electron chi connectivity index (χ4n) is 2.74. The molecule has 2 heterocycles. The number of rotatable bonds is 7. The van der Waals surface area contributed by atoms with Crippen LogP contribution in [0.4, 0.5) is 5.69 Å². The average Bonchev–Trinajstić information content (AvgIpc) is 3.09. The molecule has 3 rings (SSSR count). The van der Waals surface area contributed by atoms with Crippen molar-refractivity contribution in [2.24, 2.45) is 0 Å². The van der Waals surface area contributed by atoms with Crippen LogP contribution in [0.25, 0.3) is 0 Å². The number of thiophene rings is 1. The quantitative estimate of drug-likeness (QED) is 0.814. The Bertz CT molecular complexity index is 687. The summed E-state index contributed by atoms with van der Waals surface area (Å²) in [5.41, 5.74) is 2.94. The molecule has 1 fully saturated rings. The van der Waals surface area contributed by atoms with Gasteiger partial charge >= 0.3 is 0 Å². The van der Waals surface area contributed by atoms with Gasteiger partial charge < -0.3 is 14.8 Å². The molecule has 0 unspecified atom stereocenters. The predicted molar refractivity (Wildman–Crippen MR) is 96.0 cm³/mol. The molecule has 24 heavy (non-hydrogen) atoms. The molecule has 0 radical (unpaired) electrons. The van der Waals surface area contributed by atoms with Crippen LogP contribution in [0.15, 0.2) is 35.7 Å². The first kappa shape index (κ1) is 17.0. The molecule has 0 bridgehead atoms. The lowest BCUT2D eigenvalue weighted by Crippen LogP contribution is -2.24. The van der Waals surface area contributed by atoms with E-state index in [4.69, 9.17) is 14.7 Å². The third-order valence-electron chi connectivity index (χ3n) is 4.02. The number of nitriles is 1. The van der Waals surface area contributed by atoms with Gasteiger partial charge in [-0.05, 0) is 43.0 Å². The molecule has 126 valence electrons. The highest BCUT2D eigenvalue weighted by atomic mass is 32.1. The van der Waals surface area contributed by atoms with Crippen molar-refractivity contribution in [1.82, 2.24) is 0 Å². The monoisotopic (exact) mass is 342 g/mol. The molecule has 1 aromatic carbocycles. The molecule has 4 nitrogen and oxygen atoms in total. The van der Waals surface area contributed by atoms with Crippen molar-refractivity contribution < 1.29 is 9.47 Å². The van der Waals surface area contributed by atoms with Gasteiger partial charge in [-0.15, -0.1) is 11.3 Å². The summed E-state index contributed by atoms with van der Waals surface area (Å²) < 4.78 is 11.5. The van der Waals surface area contributed by atoms with Crippen LogP contribution >= 0.6 is 11.3 Å². The van der Waals surface area contributed by atoms with E-state index in [0.717, 1.165) is 41.3 Å². The molecule has 1 saturated heterocycles. The van der Waals surface area contributed by atoms with E-state index in [9.17, 15) is 0 Å². The maximum atomic E-state index is 8.86. The number of hydrogen-bond acceptors (Lipinski definition) is 5. The molecule has 1 aromatic heterocycles. The fraction of sp³-hybridized carbons (Fsp3) is 0.421. The summed E-state index contributed by atoms with van der Waals surface area (Å²) in [6.45, 7) is 2.87. The van der Waals surface area contributed by atoms with E-state index in [-0.39, 0.29) is 6.10 Å². The minimum absolute atomic E-state index is 0.258. The van der Waals surface area contributed by atoms with Gasteiger partial charge in [0, 0.05) is 29.1 Å². The van der Waals surface area contributed by atoms with Crippen molar-refractivity contribution >= 4 is 17.0 Å². The van der Waals surface area contributed by atoms with Gasteiger partial charge in [-0.25, -0.2) is 0 Å². The lowest BCUT2D eigenvalue weighted by molar-refractivity contribution is -0.0447. The summed E-state index contributed by atoms with van der Waals surface area (Å²) in [5.74, 6) is 0. The topological polar surface area (TPSA) is 54.3 Å². The lowest BCUT2D eigenvalue weighted by atomic mass is 10.1. The highest BCUT2D eigenvalue weighted by Gasteiger charge is 2.13. The molecular weight excluding hydrogens is 320 g/mol. The van der Waals surface area contributed by atoms with E-state index in [1.807, 2.05) is 23.6 Å². The van der Waals surface area contributed by atoms with Gasteiger partial charge in [-0.1, -0.05) is 12.1 Å². The minimum atomic E-state index is 0.258. The SMILES string of the molecule is N#Cc1csc(CNc2cccc(COC[C@H]3CCCCO3)c2)c1. The van der Waals surface area contributed by atoms with Crippen molar-refractivity contribution in [2.45, 2.75) is 38.5 Å². The molecule has 5 heteroatoms. The van der Waals surface area contributed by atoms with Crippen LogP contribution in [-0.4, -0.2) is 19.3 Å². The van der Waals surface area contributed by atoms with Crippen molar-refractivity contribution in [3.05, 3.63) is 51.7 Å². The molecule has 0 saturated carbocycles. The molecule has 0 aliphatic carbocycles. The Kier molecular flexibility index (Phi) is 6.25. The molecule has 0 spiro atoms. The maximum absolute atomic E-state index is 8.86. The number of benzene rings is 1. The van der Waals surface area contributed by atoms with E-state index >= 15 is 0 Å². The third-order valence-corrected chi connectivity index (χ3v) is 4.96. The van der Waals surface area contributed by atoms with Gasteiger partial charge in [0.25, 0.3) is 0 Å². The Labute approximate surface area is 147 Å². The molecule has 1 N–H and O–H groups in total. The summed E-state index contributed by atoms with van der Waals surface area (Å²) in [6, 6.07) is 12.4. The Balaban J connectivity index is 1.45. The summed E-state index contributed by atoms with van der Waals surface area (Å²) in [7, 11) is 0. The summed E-state index contributed by atoms with van der Waals surface area (Å²) in [6.07, 6.45) is 3.77. The van der Waals surface area contributed by atoms with Gasteiger partial charge in [-0.2, -0.15) is 5.26 Å². The van der Waals surface area contributed by atoms with E-state index in [1.54, 1.807) is 11.3 Å². The Morgan fingerprint density at radius 2 is 2.29 bits per heavy atom. The number of nitrogens with one attached hydrogen (secondary N) is 1. The van der Waals surface area contributed by atoms with E-state index in [0.29, 0.717) is 13.2 Å². The smallest absolute Gasteiger partial charge is 0.100 e. The highest BCUT2D eigenvalue weighted by molar-refractivity contribution is 7.10. The van der Waals surface area contributed by atoms with Crippen LogP contribution in [0, 0.1) is 11.3 Å². The molecule has 2 aromatic rings. The zero-order chi connectivity index (χ0) is 16.6. The van der Waals surface area contributed by atoms with E-state index < -0.39 is 0 Å². The summed E-state index contributed by atoms with van der Waals surface area (Å²) in [4.78, 5) is 1.16. The zero-order valence-corrected chi connectivity index (χ0v) is 14.5. The molecular formula is C19H22N2O2S. The van der Waals surface area contributed by atoms with Crippen LogP contribution in [0.5, 0.6) is 0 Å². The predicted octanol–water partition coefficient (Wildman–Crippen LogP) is 4.32. The average molecular weight is 342 g/mol. The van der Waals surface area contributed by atoms with E-state index in [1.165, 1.54) is 12.8 Å². The second-order valence-corrected chi connectivity index (χ2v) is 6.97. The number of ether oxygens (including phenoxy) is 2. The number of nitrogens with zero attached hydrogens (tertiary/aromatic N) is 1. The van der Waals surface area contributed by atoms with Crippen LogP contribution in [0.3, 0.4) is 0 Å². The van der Waals surface area contributed by atoms with Crippen molar-refractivity contribution in [1.29, 1.82) is 5.26 Å². The van der Waals surface area contributed by atoms with Crippen molar-refractivity contribution in [3.8, 4) is 6.07 Å². The molecule has 0 amide bonds. The van der Waals surface area contributed by atoms with Crippen molar-refractivity contribution in [3.63, 3.8) is 0 Å². The van der Waals surface area contributed by atoms with Crippen LogP contribution in [-0.2, 0) is 22.6 Å². The third kappa shape index (κ3) is 5.07. The Morgan fingerprint density at radius 1 is 1.33 bits per heavy atom. The first-order valence-corrected chi connectivity index (χ1v) is 9.21. The lowest BCUT2D eigenvalue weighted by Gasteiger charge is -2.22. The van der Waals surface area contributed by atoms with Gasteiger partial charge in [-0.3, -0.25) is 0 Å². The van der Waals surface area contributed by atoms with Gasteiger partial charge in [0.05, 0.1) is 24.9 Å². The standard InChI is InChI=1S/C19H22N2O2S/c20-10-16-9-19(24-14-16)11-21-17-5-3-4-15(8-17)12-22-13-18-6-1-2-7-23-18/h3-5,8-9,14,18,21H,1-2,6-7,11-13H2/t18-/m1/s1. The first-order chi connectivity index (χ1) is 11.8. The van der Waals surface area contributed by atoms with Crippen LogP contribution in [0.2, 0.25) is 0 Å². The van der Waals surface area contributed by atoms with Gasteiger partial charge in [0.2, 0.25) is 0 Å². The molecule has 1 aliphatic heterocycles. The minimum Gasteiger partial charge on any atom is -0.380 e. The molecule has 1 atom stereocenters. The number of anilines is 1. The van der Waals surface area contributed by atoms with Crippen molar-refractivity contribution in [2.75, 3.05) is 18.5 Å². The highest BCUT2D eigenvalue weighted by Crippen LogP contribution is 2.18. The maximum Gasteiger partial charge on any atom is 0.100 e.